The molecular formula is C11H9FN2. The van der Waals surface area contributed by atoms with Crippen molar-refractivity contribution in [2.24, 2.45) is 0 Å². The van der Waals surface area contributed by atoms with Gasteiger partial charge >= 0.3 is 0 Å². The van der Waals surface area contributed by atoms with Crippen molar-refractivity contribution in [1.82, 2.24) is 9.97 Å². The molecule has 0 bridgehead atoms. The molecule has 0 unspecified atom stereocenters. The average Bonchev–Trinajstić information content (AvgIpc) is 2.19. The van der Waals surface area contributed by atoms with Gasteiger partial charge in [-0.15, -0.1) is 0 Å². The summed E-state index contributed by atoms with van der Waals surface area (Å²) in [6.07, 6.45) is 3.20. The lowest BCUT2D eigenvalue weighted by Gasteiger charge is -2.01. The Labute approximate surface area is 81.5 Å². The van der Waals surface area contributed by atoms with Crippen molar-refractivity contribution in [2.45, 2.75) is 6.92 Å². The minimum absolute atomic E-state index is 0.281. The van der Waals surface area contributed by atoms with Crippen molar-refractivity contribution in [1.29, 1.82) is 0 Å². The molecule has 0 saturated heterocycles. The fourth-order valence-corrected chi connectivity index (χ4v) is 1.24. The third kappa shape index (κ3) is 1.62. The average molecular weight is 188 g/mol. The second-order valence-corrected chi connectivity index (χ2v) is 3.06. The number of halogens is 1. The number of hydrogen-bond donors (Lipinski definition) is 0. The van der Waals surface area contributed by atoms with Crippen LogP contribution in [0, 0.1) is 12.7 Å². The van der Waals surface area contributed by atoms with Gasteiger partial charge in [-0.3, -0.25) is 0 Å². The van der Waals surface area contributed by atoms with Crippen molar-refractivity contribution in [3.8, 4) is 11.4 Å². The van der Waals surface area contributed by atoms with E-state index in [1.807, 2.05) is 13.0 Å². The molecule has 14 heavy (non-hydrogen) atoms. The number of rotatable bonds is 1. The van der Waals surface area contributed by atoms with Gasteiger partial charge in [-0.2, -0.15) is 0 Å². The lowest BCUT2D eigenvalue weighted by Crippen LogP contribution is -1.90. The van der Waals surface area contributed by atoms with E-state index in [4.69, 9.17) is 0 Å². The van der Waals surface area contributed by atoms with Crippen LogP contribution in [0.5, 0.6) is 0 Å². The SMILES string of the molecule is Cc1ccc(-c2ncccn2)c(F)c1. The zero-order chi connectivity index (χ0) is 9.97. The van der Waals surface area contributed by atoms with Gasteiger partial charge in [0.05, 0.1) is 5.56 Å². The molecule has 0 fully saturated rings. The van der Waals surface area contributed by atoms with Gasteiger partial charge in [-0.25, -0.2) is 14.4 Å². The second-order valence-electron chi connectivity index (χ2n) is 3.06. The third-order valence-corrected chi connectivity index (χ3v) is 1.93. The number of hydrogen-bond acceptors (Lipinski definition) is 2. The van der Waals surface area contributed by atoms with Crippen molar-refractivity contribution >= 4 is 0 Å². The largest absolute Gasteiger partial charge is 0.236 e. The van der Waals surface area contributed by atoms with Gasteiger partial charge in [0.2, 0.25) is 0 Å². The quantitative estimate of drug-likeness (QED) is 0.687. The van der Waals surface area contributed by atoms with E-state index in [0.29, 0.717) is 11.4 Å². The Morgan fingerprint density at radius 3 is 2.50 bits per heavy atom. The van der Waals surface area contributed by atoms with E-state index < -0.39 is 0 Å². The maximum absolute atomic E-state index is 13.5. The van der Waals surface area contributed by atoms with E-state index in [2.05, 4.69) is 9.97 Å². The first-order valence-corrected chi connectivity index (χ1v) is 4.31. The third-order valence-electron chi connectivity index (χ3n) is 1.93. The molecule has 0 aliphatic heterocycles. The molecule has 0 aliphatic rings. The number of aromatic nitrogens is 2. The predicted molar refractivity (Wildman–Crippen MR) is 52.2 cm³/mol. The first-order chi connectivity index (χ1) is 6.77. The van der Waals surface area contributed by atoms with Crippen LogP contribution in [0.2, 0.25) is 0 Å². The lowest BCUT2D eigenvalue weighted by atomic mass is 10.1. The van der Waals surface area contributed by atoms with Crippen LogP contribution in [0.3, 0.4) is 0 Å². The van der Waals surface area contributed by atoms with Crippen LogP contribution in [0.4, 0.5) is 4.39 Å². The molecule has 0 N–H and O–H groups in total. The molecule has 0 atom stereocenters. The molecule has 2 rings (SSSR count). The zero-order valence-electron chi connectivity index (χ0n) is 7.74. The van der Waals surface area contributed by atoms with E-state index in [9.17, 15) is 4.39 Å². The van der Waals surface area contributed by atoms with E-state index in [0.717, 1.165) is 5.56 Å². The fraction of sp³-hybridized carbons (Fsp3) is 0.0909. The second kappa shape index (κ2) is 3.54. The maximum Gasteiger partial charge on any atom is 0.162 e. The van der Waals surface area contributed by atoms with Crippen molar-refractivity contribution in [2.75, 3.05) is 0 Å². The Kier molecular flexibility index (Phi) is 2.23. The molecular weight excluding hydrogens is 179 g/mol. The summed E-state index contributed by atoms with van der Waals surface area (Å²) in [5.74, 6) is 0.140. The van der Waals surface area contributed by atoms with Gasteiger partial charge in [0.1, 0.15) is 5.82 Å². The highest BCUT2D eigenvalue weighted by atomic mass is 19.1. The van der Waals surface area contributed by atoms with E-state index in [-0.39, 0.29) is 5.82 Å². The topological polar surface area (TPSA) is 25.8 Å². The van der Waals surface area contributed by atoms with Gasteiger partial charge in [0.25, 0.3) is 0 Å². The fourth-order valence-electron chi connectivity index (χ4n) is 1.24. The summed E-state index contributed by atoms with van der Waals surface area (Å²) in [4.78, 5) is 7.98. The van der Waals surface area contributed by atoms with Crippen LogP contribution < -0.4 is 0 Å². The van der Waals surface area contributed by atoms with Crippen LogP contribution >= 0.6 is 0 Å². The molecule has 2 nitrogen and oxygen atoms in total. The number of nitrogens with zero attached hydrogens (tertiary/aromatic N) is 2. The van der Waals surface area contributed by atoms with Gasteiger partial charge in [-0.05, 0) is 30.7 Å². The maximum atomic E-state index is 13.5. The standard InChI is InChI=1S/C11H9FN2/c1-8-3-4-9(10(12)7-8)11-13-5-2-6-14-11/h2-7H,1H3. The molecule has 0 amide bonds. The van der Waals surface area contributed by atoms with Gasteiger partial charge in [0.15, 0.2) is 5.82 Å². The molecule has 3 heteroatoms. The first kappa shape index (κ1) is 8.81. The molecule has 0 saturated carbocycles. The molecule has 1 aromatic carbocycles. The van der Waals surface area contributed by atoms with E-state index >= 15 is 0 Å². The summed E-state index contributed by atoms with van der Waals surface area (Å²) in [5.41, 5.74) is 1.33. The van der Waals surface area contributed by atoms with Crippen molar-refractivity contribution in [3.05, 3.63) is 48.0 Å². The number of aryl methyl sites for hydroxylation is 1. The molecule has 0 radical (unpaired) electrons. The molecule has 1 heterocycles. The van der Waals surface area contributed by atoms with Crippen LogP contribution in [-0.2, 0) is 0 Å². The monoisotopic (exact) mass is 188 g/mol. The molecule has 2 aromatic rings. The summed E-state index contributed by atoms with van der Waals surface area (Å²) >= 11 is 0. The molecule has 70 valence electrons. The summed E-state index contributed by atoms with van der Waals surface area (Å²) in [6.45, 7) is 1.85. The zero-order valence-corrected chi connectivity index (χ0v) is 7.74. The van der Waals surface area contributed by atoms with E-state index in [1.165, 1.54) is 6.07 Å². The van der Waals surface area contributed by atoms with Crippen LogP contribution in [0.1, 0.15) is 5.56 Å². The predicted octanol–water partition coefficient (Wildman–Crippen LogP) is 2.59. The summed E-state index contributed by atoms with van der Waals surface area (Å²) in [7, 11) is 0. The van der Waals surface area contributed by atoms with Crippen LogP contribution in [0.15, 0.2) is 36.7 Å². The molecule has 1 aromatic heterocycles. The Balaban J connectivity index is 2.53. The smallest absolute Gasteiger partial charge is 0.162 e. The highest BCUT2D eigenvalue weighted by Crippen LogP contribution is 2.18. The normalized spacial score (nSPS) is 10.1. The van der Waals surface area contributed by atoms with E-state index in [1.54, 1.807) is 24.5 Å². The Hall–Kier alpha value is -1.77. The highest BCUT2D eigenvalue weighted by molar-refractivity contribution is 5.55. The lowest BCUT2D eigenvalue weighted by molar-refractivity contribution is 0.629. The van der Waals surface area contributed by atoms with Crippen LogP contribution in [-0.4, -0.2) is 9.97 Å². The molecule has 0 spiro atoms. The summed E-state index contributed by atoms with van der Waals surface area (Å²) < 4.78 is 13.5. The van der Waals surface area contributed by atoms with Crippen molar-refractivity contribution < 1.29 is 4.39 Å². The minimum atomic E-state index is -0.281. The van der Waals surface area contributed by atoms with Gasteiger partial charge in [0, 0.05) is 12.4 Å². The van der Waals surface area contributed by atoms with Crippen LogP contribution in [0.25, 0.3) is 11.4 Å². The molecule has 0 aliphatic carbocycles. The highest BCUT2D eigenvalue weighted by Gasteiger charge is 2.06. The summed E-state index contributed by atoms with van der Waals surface area (Å²) in [6, 6.07) is 6.72. The Bertz CT molecular complexity index is 440. The Morgan fingerprint density at radius 1 is 1.14 bits per heavy atom. The number of benzene rings is 1. The minimum Gasteiger partial charge on any atom is -0.236 e. The summed E-state index contributed by atoms with van der Waals surface area (Å²) in [5, 5.41) is 0. The van der Waals surface area contributed by atoms with Gasteiger partial charge < -0.3 is 0 Å². The Morgan fingerprint density at radius 2 is 1.86 bits per heavy atom. The van der Waals surface area contributed by atoms with Crippen molar-refractivity contribution in [3.63, 3.8) is 0 Å². The van der Waals surface area contributed by atoms with Gasteiger partial charge in [-0.1, -0.05) is 6.07 Å². The first-order valence-electron chi connectivity index (χ1n) is 4.31.